The van der Waals surface area contributed by atoms with Gasteiger partial charge in [-0.2, -0.15) is 6.07 Å². The molecule has 5 heterocycles. The van der Waals surface area contributed by atoms with Crippen LogP contribution < -0.4 is 4.74 Å². The average molecular weight is 817 g/mol. The van der Waals surface area contributed by atoms with E-state index < -0.39 is 0 Å². The molecule has 5 aromatic heterocycles. The Morgan fingerprint density at radius 3 is 2.35 bits per heavy atom. The van der Waals surface area contributed by atoms with Gasteiger partial charge >= 0.3 is 21.1 Å². The van der Waals surface area contributed by atoms with Crippen molar-refractivity contribution in [3.05, 3.63) is 139 Å². The summed E-state index contributed by atoms with van der Waals surface area (Å²) >= 11 is 0. The molecule has 4 aromatic carbocycles. The van der Waals surface area contributed by atoms with E-state index in [1.54, 1.807) is 0 Å². The zero-order valence-electron chi connectivity index (χ0n) is 27.4. The zero-order chi connectivity index (χ0) is 32.6. The molecule has 7 heteroatoms. The van der Waals surface area contributed by atoms with Crippen molar-refractivity contribution in [2.75, 3.05) is 0 Å². The number of pyridine rings is 3. The van der Waals surface area contributed by atoms with Gasteiger partial charge in [0, 0.05) is 46.4 Å². The number of hydrogen-bond acceptors (Lipinski definition) is 4. The number of fused-ring (bicyclic) bond motifs is 9. The predicted octanol–water partition coefficient (Wildman–Crippen LogP) is 10.2. The minimum Gasteiger partial charge on any atom is -0.503 e. The van der Waals surface area contributed by atoms with E-state index in [9.17, 15) is 0 Å². The quantitative estimate of drug-likeness (QED) is 0.131. The molecule has 0 aliphatic rings. The fraction of sp³-hybridized carbons (Fsp3) is 0.119. The topological polar surface area (TPSA) is 57.2 Å². The summed E-state index contributed by atoms with van der Waals surface area (Å²) in [5, 5.41) is 4.07. The van der Waals surface area contributed by atoms with Crippen molar-refractivity contribution in [3.8, 4) is 28.4 Å². The predicted molar refractivity (Wildman–Crippen MR) is 193 cm³/mol. The van der Waals surface area contributed by atoms with E-state index in [2.05, 4.69) is 97.5 Å². The van der Waals surface area contributed by atoms with Crippen molar-refractivity contribution in [2.45, 2.75) is 33.1 Å². The Hall–Kier alpha value is -5.32. The van der Waals surface area contributed by atoms with Crippen molar-refractivity contribution in [1.82, 2.24) is 23.9 Å². The van der Waals surface area contributed by atoms with Crippen LogP contribution in [0.2, 0.25) is 0 Å². The maximum Gasteiger partial charge on any atom is 2.00 e. The number of benzene rings is 4. The first kappa shape index (κ1) is 31.0. The maximum absolute atomic E-state index is 6.50. The molecule has 9 rings (SSSR count). The van der Waals surface area contributed by atoms with Gasteiger partial charge in [0.05, 0.1) is 27.9 Å². The second kappa shape index (κ2) is 11.7. The van der Waals surface area contributed by atoms with Crippen LogP contribution in [0.25, 0.3) is 66.3 Å². The molecule has 9 aromatic rings. The van der Waals surface area contributed by atoms with Gasteiger partial charge < -0.3 is 13.7 Å². The number of imidazole rings is 1. The Morgan fingerprint density at radius 1 is 0.694 bits per heavy atom. The van der Waals surface area contributed by atoms with Crippen LogP contribution in [-0.4, -0.2) is 23.9 Å². The van der Waals surface area contributed by atoms with Gasteiger partial charge in [0.1, 0.15) is 5.65 Å². The zero-order valence-corrected chi connectivity index (χ0v) is 29.7. The van der Waals surface area contributed by atoms with Crippen molar-refractivity contribution in [2.24, 2.45) is 0 Å². The first-order valence-corrected chi connectivity index (χ1v) is 16.1. The van der Waals surface area contributed by atoms with Crippen LogP contribution in [0.3, 0.4) is 0 Å². The van der Waals surface area contributed by atoms with Crippen LogP contribution >= 0.6 is 0 Å². The molecule has 0 spiro atoms. The molecule has 0 saturated carbocycles. The minimum atomic E-state index is 0. The van der Waals surface area contributed by atoms with Gasteiger partial charge in [-0.3, -0.25) is 9.97 Å². The van der Waals surface area contributed by atoms with E-state index in [0.29, 0.717) is 11.5 Å². The van der Waals surface area contributed by atoms with Crippen molar-refractivity contribution in [1.29, 1.82) is 0 Å². The molecule has 0 amide bonds. The van der Waals surface area contributed by atoms with E-state index in [4.69, 9.17) is 19.7 Å². The monoisotopic (exact) mass is 816 g/mol. The molecule has 0 bridgehead atoms. The third-order valence-electron chi connectivity index (χ3n) is 9.18. The van der Waals surface area contributed by atoms with Crippen molar-refractivity contribution in [3.63, 3.8) is 0 Å². The summed E-state index contributed by atoms with van der Waals surface area (Å²) in [7, 11) is 0. The molecular weight excluding hydrogens is 786 g/mol. The van der Waals surface area contributed by atoms with E-state index in [1.807, 2.05) is 67.0 Å². The number of ether oxygens (including phenoxy) is 1. The molecule has 0 atom stereocenters. The van der Waals surface area contributed by atoms with Crippen LogP contribution in [-0.2, 0) is 26.5 Å². The molecule has 0 radical (unpaired) electrons. The van der Waals surface area contributed by atoms with Gasteiger partial charge in [-0.1, -0.05) is 85.8 Å². The van der Waals surface area contributed by atoms with E-state index in [0.717, 1.165) is 66.3 Å². The van der Waals surface area contributed by atoms with Gasteiger partial charge in [-0.05, 0) is 53.8 Å². The third kappa shape index (κ3) is 5.10. The van der Waals surface area contributed by atoms with Crippen molar-refractivity contribution >= 4 is 49.4 Å². The molecular formula is C42H31N5OPt. The third-order valence-corrected chi connectivity index (χ3v) is 9.18. The van der Waals surface area contributed by atoms with Gasteiger partial charge in [0.25, 0.3) is 0 Å². The van der Waals surface area contributed by atoms with Crippen LogP contribution in [0.1, 0.15) is 31.9 Å². The van der Waals surface area contributed by atoms with Crippen LogP contribution in [0, 0.1) is 19.1 Å². The average Bonchev–Trinajstić information content (AvgIpc) is 3.69. The Kier molecular flexibility index (Phi) is 7.38. The summed E-state index contributed by atoms with van der Waals surface area (Å²) in [5.41, 5.74) is 9.94. The largest absolute Gasteiger partial charge is 2.00 e. The fourth-order valence-corrected chi connectivity index (χ4v) is 6.74. The number of rotatable bonds is 4. The Bertz CT molecular complexity index is 2720. The summed E-state index contributed by atoms with van der Waals surface area (Å²) in [4.78, 5) is 14.7. The molecule has 0 aliphatic carbocycles. The van der Waals surface area contributed by atoms with Gasteiger partial charge in [-0.15, -0.1) is 24.3 Å². The van der Waals surface area contributed by atoms with Gasteiger partial charge in [0.2, 0.25) is 0 Å². The summed E-state index contributed by atoms with van der Waals surface area (Å²) < 4.78 is 10.8. The van der Waals surface area contributed by atoms with Gasteiger partial charge in [-0.25, -0.2) is 4.98 Å². The Morgan fingerprint density at radius 2 is 1.49 bits per heavy atom. The summed E-state index contributed by atoms with van der Waals surface area (Å²) in [6.45, 7) is 8.82. The standard InChI is InChI=1S/C42H31N5O.Pt/c1-26-10-5-6-13-31(26)36-25-46-37-15-9-20-43-39(37)33-19-17-30(24-35(33)41(46)45-36)48-29-12-7-11-28(23-29)47-38-22-27(42(2,3)4)16-18-32(38)34-14-8-21-44-40(34)47;/h5-22,25H,1-4H3;/q-2;+2. The summed E-state index contributed by atoms with van der Waals surface area (Å²) in [6, 6.07) is 40.2. The molecule has 240 valence electrons. The Labute approximate surface area is 298 Å². The molecule has 0 N–H and O–H groups in total. The molecule has 6 nitrogen and oxygen atoms in total. The van der Waals surface area contributed by atoms with Crippen LogP contribution in [0.4, 0.5) is 0 Å². The molecule has 0 aliphatic heterocycles. The number of aryl methyl sites for hydroxylation is 1. The number of nitrogens with zero attached hydrogens (tertiary/aromatic N) is 5. The maximum atomic E-state index is 6.50. The number of hydrogen-bond donors (Lipinski definition) is 0. The van der Waals surface area contributed by atoms with E-state index >= 15 is 0 Å². The van der Waals surface area contributed by atoms with Crippen molar-refractivity contribution < 1.29 is 25.8 Å². The first-order valence-electron chi connectivity index (χ1n) is 16.1. The first-order chi connectivity index (χ1) is 23.3. The Balaban J connectivity index is 0.00000348. The molecule has 0 saturated heterocycles. The molecule has 0 fully saturated rings. The van der Waals surface area contributed by atoms with E-state index in [1.165, 1.54) is 11.1 Å². The second-order valence-electron chi connectivity index (χ2n) is 13.3. The normalized spacial score (nSPS) is 11.9. The summed E-state index contributed by atoms with van der Waals surface area (Å²) in [5.74, 6) is 1.16. The van der Waals surface area contributed by atoms with Crippen LogP contribution in [0.15, 0.2) is 116 Å². The van der Waals surface area contributed by atoms with Crippen LogP contribution in [0.5, 0.6) is 11.5 Å². The van der Waals surface area contributed by atoms with E-state index in [-0.39, 0.29) is 26.5 Å². The molecule has 0 unspecified atom stereocenters. The summed E-state index contributed by atoms with van der Waals surface area (Å²) in [6.07, 6.45) is 5.75. The fourth-order valence-electron chi connectivity index (χ4n) is 6.74. The SMILES string of the molecule is Cc1ccccc1-c1cn2c3cccnc3c3ccc(Oc4[c-]c(-n5c6cc(C(C)(C)C)ccc6c6cccnc65)ccc4)[c-]c3c2n1.[Pt+2]. The minimum absolute atomic E-state index is 0. The second-order valence-corrected chi connectivity index (χ2v) is 13.3. The van der Waals surface area contributed by atoms with Gasteiger partial charge in [0.15, 0.2) is 0 Å². The molecule has 49 heavy (non-hydrogen) atoms. The smallest absolute Gasteiger partial charge is 0.503 e. The number of aromatic nitrogens is 5.